The lowest BCUT2D eigenvalue weighted by Gasteiger charge is -2.53. The van der Waals surface area contributed by atoms with Crippen molar-refractivity contribution in [2.45, 2.75) is 64.8 Å². The summed E-state index contributed by atoms with van der Waals surface area (Å²) >= 11 is 0. The molecule has 2 amide bonds. The van der Waals surface area contributed by atoms with Crippen LogP contribution >= 0.6 is 0 Å². The highest BCUT2D eigenvalue weighted by atomic mass is 16.5. The van der Waals surface area contributed by atoms with Crippen molar-refractivity contribution >= 4 is 11.8 Å². The van der Waals surface area contributed by atoms with Crippen molar-refractivity contribution in [1.29, 1.82) is 0 Å². The predicted octanol–water partition coefficient (Wildman–Crippen LogP) is 1.45. The fourth-order valence-corrected chi connectivity index (χ4v) is 4.26. The number of hydrogen-bond acceptors (Lipinski definition) is 4. The van der Waals surface area contributed by atoms with Crippen LogP contribution in [0.25, 0.3) is 0 Å². The summed E-state index contributed by atoms with van der Waals surface area (Å²) in [6, 6.07) is 0.341. The van der Waals surface area contributed by atoms with Gasteiger partial charge in [-0.15, -0.1) is 0 Å². The van der Waals surface area contributed by atoms with Crippen LogP contribution < -0.4 is 0 Å². The number of aromatic nitrogens is 2. The van der Waals surface area contributed by atoms with E-state index in [2.05, 4.69) is 5.10 Å². The molecule has 7 heteroatoms. The second-order valence-corrected chi connectivity index (χ2v) is 7.74. The standard InChI is InChI=1S/C19H30N4O3/c1-13(2)23-17(18(26-4)19(23)25)15-5-8-21(9-6-15)16(24)7-10-22-12-14(3)11-20-22/h11-13,15,17-18H,5-10H2,1-4H3/t17-,18+/m0/s1. The Balaban J connectivity index is 1.50. The molecule has 3 rings (SSSR count). The van der Waals surface area contributed by atoms with E-state index in [-0.39, 0.29) is 30.0 Å². The van der Waals surface area contributed by atoms with Gasteiger partial charge in [0.05, 0.1) is 12.2 Å². The third-order valence-corrected chi connectivity index (χ3v) is 5.63. The van der Waals surface area contributed by atoms with Crippen molar-refractivity contribution in [3.05, 3.63) is 18.0 Å². The summed E-state index contributed by atoms with van der Waals surface area (Å²) in [4.78, 5) is 28.6. The number of methoxy groups -OCH3 is 1. The zero-order chi connectivity index (χ0) is 18.8. The number of ether oxygens (including phenoxy) is 1. The summed E-state index contributed by atoms with van der Waals surface area (Å²) < 4.78 is 7.25. The van der Waals surface area contributed by atoms with Crippen LogP contribution in [-0.2, 0) is 20.9 Å². The van der Waals surface area contributed by atoms with Gasteiger partial charge in [0.1, 0.15) is 0 Å². The summed E-state index contributed by atoms with van der Waals surface area (Å²) in [5, 5.41) is 4.23. The summed E-state index contributed by atoms with van der Waals surface area (Å²) in [6.07, 6.45) is 5.78. The molecule has 0 saturated carbocycles. The molecule has 0 spiro atoms. The smallest absolute Gasteiger partial charge is 0.254 e. The molecule has 7 nitrogen and oxygen atoms in total. The third kappa shape index (κ3) is 3.63. The first-order valence-corrected chi connectivity index (χ1v) is 9.54. The molecule has 2 aliphatic heterocycles. The number of piperidine rings is 1. The SMILES string of the molecule is CO[C@H]1C(=O)N(C(C)C)[C@H]1C1CCN(C(=O)CCn2cc(C)cn2)CC1. The largest absolute Gasteiger partial charge is 0.369 e. The van der Waals surface area contributed by atoms with E-state index in [0.717, 1.165) is 31.5 Å². The van der Waals surface area contributed by atoms with E-state index in [4.69, 9.17) is 4.74 Å². The topological polar surface area (TPSA) is 67.7 Å². The van der Waals surface area contributed by atoms with Crippen LogP contribution in [0, 0.1) is 12.8 Å². The van der Waals surface area contributed by atoms with Gasteiger partial charge in [0.25, 0.3) is 5.91 Å². The summed E-state index contributed by atoms with van der Waals surface area (Å²) in [5.74, 6) is 0.684. The molecular formula is C19H30N4O3. The van der Waals surface area contributed by atoms with Crippen LogP contribution in [-0.4, -0.2) is 69.8 Å². The number of rotatable bonds is 6. The highest BCUT2D eigenvalue weighted by Gasteiger charge is 2.52. The van der Waals surface area contributed by atoms with Crippen LogP contribution in [0.1, 0.15) is 38.7 Å². The minimum absolute atomic E-state index is 0.0977. The van der Waals surface area contributed by atoms with Crippen molar-refractivity contribution in [2.75, 3.05) is 20.2 Å². The number of β-lactam (4-membered cyclic amide) rings is 1. The molecule has 2 aliphatic rings. The van der Waals surface area contributed by atoms with E-state index >= 15 is 0 Å². The molecule has 2 fully saturated rings. The van der Waals surface area contributed by atoms with Gasteiger partial charge in [-0.05, 0) is 45.1 Å². The fourth-order valence-electron chi connectivity index (χ4n) is 4.26. The van der Waals surface area contributed by atoms with Crippen LogP contribution in [0.5, 0.6) is 0 Å². The summed E-state index contributed by atoms with van der Waals surface area (Å²) in [7, 11) is 1.61. The minimum Gasteiger partial charge on any atom is -0.369 e. The zero-order valence-corrected chi connectivity index (χ0v) is 16.2. The molecule has 0 bridgehead atoms. The number of aryl methyl sites for hydroxylation is 2. The van der Waals surface area contributed by atoms with Crippen molar-refractivity contribution in [1.82, 2.24) is 19.6 Å². The van der Waals surface area contributed by atoms with E-state index in [1.165, 1.54) is 0 Å². The molecule has 3 heterocycles. The number of amides is 2. The highest BCUT2D eigenvalue weighted by Crippen LogP contribution is 2.36. The molecule has 0 aliphatic carbocycles. The van der Waals surface area contributed by atoms with Crippen molar-refractivity contribution in [2.24, 2.45) is 5.92 Å². The van der Waals surface area contributed by atoms with Crippen molar-refractivity contribution < 1.29 is 14.3 Å². The van der Waals surface area contributed by atoms with Crippen molar-refractivity contribution in [3.8, 4) is 0 Å². The van der Waals surface area contributed by atoms with Gasteiger partial charge in [0.15, 0.2) is 6.10 Å². The van der Waals surface area contributed by atoms with E-state index < -0.39 is 0 Å². The molecule has 1 aromatic rings. The first kappa shape index (κ1) is 18.9. The van der Waals surface area contributed by atoms with Crippen molar-refractivity contribution in [3.63, 3.8) is 0 Å². The van der Waals surface area contributed by atoms with Gasteiger partial charge in [-0.1, -0.05) is 0 Å². The number of likely N-dealkylation sites (tertiary alicyclic amines) is 2. The molecule has 0 aromatic carbocycles. The van der Waals surface area contributed by atoms with Gasteiger partial charge in [0, 0.05) is 45.4 Å². The first-order chi connectivity index (χ1) is 12.4. The lowest BCUT2D eigenvalue weighted by Crippen LogP contribution is -2.70. The molecule has 0 radical (unpaired) electrons. The molecule has 26 heavy (non-hydrogen) atoms. The van der Waals surface area contributed by atoms with E-state index in [1.807, 2.05) is 47.6 Å². The Kier molecular flexibility index (Phi) is 5.65. The Labute approximate surface area is 155 Å². The Bertz CT molecular complexity index is 649. The first-order valence-electron chi connectivity index (χ1n) is 9.54. The average Bonchev–Trinajstić information content (AvgIpc) is 3.03. The molecule has 144 valence electrons. The Morgan fingerprint density at radius 2 is 2.04 bits per heavy atom. The minimum atomic E-state index is -0.312. The maximum absolute atomic E-state index is 12.5. The molecule has 0 N–H and O–H groups in total. The number of carbonyl (C=O) groups excluding carboxylic acids is 2. The lowest BCUT2D eigenvalue weighted by molar-refractivity contribution is -0.182. The Morgan fingerprint density at radius 1 is 1.35 bits per heavy atom. The van der Waals surface area contributed by atoms with Gasteiger partial charge >= 0.3 is 0 Å². The van der Waals surface area contributed by atoms with E-state index in [9.17, 15) is 9.59 Å². The summed E-state index contributed by atoms with van der Waals surface area (Å²) in [5.41, 5.74) is 1.11. The fraction of sp³-hybridized carbons (Fsp3) is 0.737. The average molecular weight is 362 g/mol. The van der Waals surface area contributed by atoms with Crippen LogP contribution in [0.2, 0.25) is 0 Å². The van der Waals surface area contributed by atoms with Crippen LogP contribution in [0.4, 0.5) is 0 Å². The quantitative estimate of drug-likeness (QED) is 0.719. The van der Waals surface area contributed by atoms with Gasteiger partial charge in [0.2, 0.25) is 5.91 Å². The maximum atomic E-state index is 12.5. The second kappa shape index (κ2) is 7.78. The van der Waals surface area contributed by atoms with E-state index in [0.29, 0.717) is 18.9 Å². The van der Waals surface area contributed by atoms with Crippen LogP contribution in [0.3, 0.4) is 0 Å². The molecule has 1 aromatic heterocycles. The predicted molar refractivity (Wildman–Crippen MR) is 97.5 cm³/mol. The normalized spacial score (nSPS) is 24.3. The monoisotopic (exact) mass is 362 g/mol. The third-order valence-electron chi connectivity index (χ3n) is 5.63. The lowest BCUT2D eigenvalue weighted by atomic mass is 9.79. The van der Waals surface area contributed by atoms with Gasteiger partial charge in [-0.3, -0.25) is 14.3 Å². The number of carbonyl (C=O) groups is 2. The van der Waals surface area contributed by atoms with Gasteiger partial charge in [-0.2, -0.15) is 5.10 Å². The van der Waals surface area contributed by atoms with Crippen LogP contribution in [0.15, 0.2) is 12.4 Å². The van der Waals surface area contributed by atoms with Gasteiger partial charge in [-0.25, -0.2) is 0 Å². The molecule has 2 atom stereocenters. The Morgan fingerprint density at radius 3 is 2.58 bits per heavy atom. The number of nitrogens with zero attached hydrogens (tertiary/aromatic N) is 4. The summed E-state index contributed by atoms with van der Waals surface area (Å²) in [6.45, 7) is 8.23. The second-order valence-electron chi connectivity index (χ2n) is 7.74. The van der Waals surface area contributed by atoms with Gasteiger partial charge < -0.3 is 14.5 Å². The molecular weight excluding hydrogens is 332 g/mol. The molecule has 0 unspecified atom stereocenters. The highest BCUT2D eigenvalue weighted by molar-refractivity contribution is 5.88. The molecule has 2 saturated heterocycles. The number of hydrogen-bond donors (Lipinski definition) is 0. The maximum Gasteiger partial charge on any atom is 0.254 e. The van der Waals surface area contributed by atoms with E-state index in [1.54, 1.807) is 7.11 Å². The zero-order valence-electron chi connectivity index (χ0n) is 16.2. The Hall–Kier alpha value is -1.89.